The molecule has 0 saturated carbocycles. The standard InChI is InChI=1S/C68H99N11O21/c1-7-50-51-42-49(15-16-55(51)74-60-52(50)44-79-57(60)43-54-53(64(79)83)45-99-66(85)68(54,87)8-2)100-61(65(84)78(5)6)47-11-13-48(14-12-47)73-62(81)56(10-9-18-71-67(69)86)75-63(82)59(46(3)4)76-58(80)17-20-88-22-24-90-26-28-92-30-32-94-34-36-96-38-40-98-41-39-97-37-35-95-33-31-93-29-27-91-25-23-89-21-19-72-77-70/h11-16,42-43,46,56,59,61,87H,7-10,17-41,44-45H2,1-6H3,(H,73,81)(H,75,82)(H,76,80)(H3,69,71,86)/t56-,59-,61?,68-/m0/s1. The van der Waals surface area contributed by atoms with Crippen molar-refractivity contribution in [1.82, 2.24) is 30.4 Å². The summed E-state index contributed by atoms with van der Waals surface area (Å²) < 4.78 is 73.7. The molecular formula is C68H99N11O21. The van der Waals surface area contributed by atoms with Gasteiger partial charge in [-0.2, -0.15) is 0 Å². The molecule has 7 N–H and O–H groups in total. The SMILES string of the molecule is CCc1c2c(nc3ccc(OC(C(=O)N(C)C)c4ccc(NC(=O)[C@H](CCCNC(N)=O)NC(=O)[C@@H](NC(=O)CCOCCOCCOCCOCCOCCOCCOCCOCCOCCOCCOCCN=[N+]=[N-])C(C)C)cc4)cc13)-c1cc3c(c(=O)n1C2)COC(=O)[C@]3(O)CC. The van der Waals surface area contributed by atoms with Crippen LogP contribution in [-0.4, -0.2) is 240 Å². The first kappa shape index (κ1) is 81.0. The smallest absolute Gasteiger partial charge is 0.343 e. The van der Waals surface area contributed by atoms with Gasteiger partial charge in [0.1, 0.15) is 24.4 Å². The molecule has 6 amide bonds. The van der Waals surface area contributed by atoms with E-state index in [1.807, 2.05) is 13.0 Å². The van der Waals surface area contributed by atoms with E-state index in [-0.39, 0.29) is 93.7 Å². The van der Waals surface area contributed by atoms with Crippen molar-refractivity contribution < 1.29 is 95.5 Å². The first-order chi connectivity index (χ1) is 48.4. The predicted octanol–water partition coefficient (Wildman–Crippen LogP) is 3.75. The van der Waals surface area contributed by atoms with Crippen LogP contribution in [-0.2, 0) is 106 Å². The zero-order valence-corrected chi connectivity index (χ0v) is 58.2. The van der Waals surface area contributed by atoms with Gasteiger partial charge < -0.3 is 103 Å². The number of benzene rings is 2. The number of carbonyl (C=O) groups is 6. The van der Waals surface area contributed by atoms with Gasteiger partial charge in [-0.1, -0.05) is 44.9 Å². The van der Waals surface area contributed by atoms with E-state index in [9.17, 15) is 38.7 Å². The van der Waals surface area contributed by atoms with Crippen LogP contribution in [0.15, 0.2) is 58.4 Å². The number of aliphatic hydroxyl groups is 1. The predicted molar refractivity (Wildman–Crippen MR) is 364 cm³/mol. The Kier molecular flexibility index (Phi) is 35.9. The van der Waals surface area contributed by atoms with Gasteiger partial charge >= 0.3 is 12.0 Å². The van der Waals surface area contributed by atoms with Crippen molar-refractivity contribution in [2.24, 2.45) is 16.8 Å². The summed E-state index contributed by atoms with van der Waals surface area (Å²) in [5.41, 5.74) is 15.8. The van der Waals surface area contributed by atoms with Crippen molar-refractivity contribution in [2.75, 3.05) is 178 Å². The number of aromatic nitrogens is 2. The highest BCUT2D eigenvalue weighted by atomic mass is 16.6. The quantitative estimate of drug-likeness (QED) is 0.0106. The van der Waals surface area contributed by atoms with Crippen molar-refractivity contribution in [3.05, 3.63) is 97.1 Å². The molecule has 2 aliphatic rings. The Hall–Kier alpha value is -7.95. The number of ether oxygens (including phenoxy) is 13. The minimum Gasteiger partial charge on any atom is -0.476 e. The average Bonchev–Trinajstić information content (AvgIpc) is 1.52. The number of anilines is 1. The van der Waals surface area contributed by atoms with Gasteiger partial charge in [0.05, 0.1) is 174 Å². The Morgan fingerprint density at radius 2 is 1.25 bits per heavy atom. The molecule has 6 rings (SSSR count). The van der Waals surface area contributed by atoms with Crippen molar-refractivity contribution in [3.8, 4) is 17.1 Å². The number of likely N-dealkylation sites (N-methyl/N-ethyl adjacent to an activating group) is 1. The molecule has 4 heterocycles. The van der Waals surface area contributed by atoms with Crippen LogP contribution < -0.4 is 37.3 Å². The van der Waals surface area contributed by atoms with Crippen LogP contribution in [0, 0.1) is 5.92 Å². The first-order valence-electron chi connectivity index (χ1n) is 33.8. The molecule has 1 unspecified atom stereocenters. The topological polar surface area (TPSA) is 404 Å². The van der Waals surface area contributed by atoms with Gasteiger partial charge in [0, 0.05) is 66.3 Å². The fourth-order valence-electron chi connectivity index (χ4n) is 10.7. The molecule has 2 aromatic heterocycles. The highest BCUT2D eigenvalue weighted by molar-refractivity contribution is 5.99. The molecule has 32 nitrogen and oxygen atoms in total. The van der Waals surface area contributed by atoms with E-state index in [4.69, 9.17) is 77.8 Å². The second-order valence-electron chi connectivity index (χ2n) is 23.6. The van der Waals surface area contributed by atoms with Crippen LogP contribution in [0.4, 0.5) is 10.5 Å². The molecule has 0 radical (unpaired) electrons. The lowest BCUT2D eigenvalue weighted by atomic mass is 9.86. The molecule has 552 valence electrons. The molecule has 4 aromatic rings. The maximum Gasteiger partial charge on any atom is 0.343 e. The fraction of sp³-hybridized carbons (Fsp3) is 0.618. The highest BCUT2D eigenvalue weighted by Crippen LogP contribution is 2.41. The molecule has 2 aromatic carbocycles. The summed E-state index contributed by atoms with van der Waals surface area (Å²) in [5, 5.41) is 26.4. The third-order valence-corrected chi connectivity index (χ3v) is 16.0. The Bertz CT molecular complexity index is 3350. The third kappa shape index (κ3) is 25.9. The van der Waals surface area contributed by atoms with E-state index in [1.165, 1.54) is 4.90 Å². The van der Waals surface area contributed by atoms with E-state index in [0.29, 0.717) is 172 Å². The lowest BCUT2D eigenvalue weighted by Gasteiger charge is -2.31. The van der Waals surface area contributed by atoms with Crippen molar-refractivity contribution in [3.63, 3.8) is 0 Å². The number of nitrogens with two attached hydrogens (primary N) is 1. The third-order valence-electron chi connectivity index (χ3n) is 16.0. The summed E-state index contributed by atoms with van der Waals surface area (Å²) in [6, 6.07) is 10.5. The van der Waals surface area contributed by atoms with Gasteiger partial charge in [-0.05, 0) is 79.1 Å². The molecule has 4 atom stereocenters. The lowest BCUT2D eigenvalue weighted by molar-refractivity contribution is -0.172. The van der Waals surface area contributed by atoms with Gasteiger partial charge in [-0.25, -0.2) is 14.6 Å². The monoisotopic (exact) mass is 1410 g/mol. The molecule has 0 bridgehead atoms. The zero-order valence-electron chi connectivity index (χ0n) is 58.2. The number of nitrogens with one attached hydrogen (secondary N) is 4. The van der Waals surface area contributed by atoms with Gasteiger partial charge in [0.2, 0.25) is 23.8 Å². The molecule has 0 saturated heterocycles. The molecular weight excluding hydrogens is 1310 g/mol. The van der Waals surface area contributed by atoms with Gasteiger partial charge in [-0.15, -0.1) is 0 Å². The lowest BCUT2D eigenvalue weighted by Crippen LogP contribution is -2.54. The Balaban J connectivity index is 0.847. The number of aryl methyl sites for hydroxylation is 1. The summed E-state index contributed by atoms with van der Waals surface area (Å²) >= 11 is 0. The number of hydrogen-bond acceptors (Lipinski definition) is 23. The Labute approximate surface area is 581 Å². The van der Waals surface area contributed by atoms with E-state index < -0.39 is 53.5 Å². The second kappa shape index (κ2) is 44.3. The van der Waals surface area contributed by atoms with Crippen LogP contribution in [0.5, 0.6) is 5.75 Å². The molecule has 0 aliphatic carbocycles. The van der Waals surface area contributed by atoms with Crippen LogP contribution in [0.2, 0.25) is 0 Å². The molecule has 100 heavy (non-hydrogen) atoms. The van der Waals surface area contributed by atoms with Crippen LogP contribution in [0.3, 0.4) is 0 Å². The largest absolute Gasteiger partial charge is 0.476 e. The maximum absolute atomic E-state index is 14.0. The van der Waals surface area contributed by atoms with Gasteiger partial charge in [0.15, 0.2) is 5.60 Å². The van der Waals surface area contributed by atoms with E-state index in [2.05, 4.69) is 31.3 Å². The number of azide groups is 1. The number of rotatable bonds is 52. The van der Waals surface area contributed by atoms with Gasteiger partial charge in [0.25, 0.3) is 11.5 Å². The number of hydrogen-bond donors (Lipinski definition) is 6. The highest BCUT2D eigenvalue weighted by Gasteiger charge is 2.45. The molecule has 2 aliphatic heterocycles. The van der Waals surface area contributed by atoms with Crippen LogP contribution in [0.1, 0.15) is 87.3 Å². The summed E-state index contributed by atoms with van der Waals surface area (Å²) in [6.07, 6.45) is -0.272. The number of esters is 1. The normalized spacial score (nSPS) is 14.7. The summed E-state index contributed by atoms with van der Waals surface area (Å²) in [7, 11) is 3.21. The number of primary amides is 1. The summed E-state index contributed by atoms with van der Waals surface area (Å²) in [5.74, 6) is -2.83. The fourth-order valence-corrected chi connectivity index (χ4v) is 10.7. The maximum atomic E-state index is 14.0. The van der Waals surface area contributed by atoms with Crippen molar-refractivity contribution in [1.29, 1.82) is 0 Å². The minimum atomic E-state index is -1.97. The number of amides is 6. The molecule has 0 fully saturated rings. The molecule has 32 heteroatoms. The van der Waals surface area contributed by atoms with Crippen molar-refractivity contribution >= 4 is 52.2 Å². The number of urea groups is 1. The average molecular weight is 1410 g/mol. The Morgan fingerprint density at radius 1 is 0.720 bits per heavy atom. The second-order valence-corrected chi connectivity index (χ2v) is 23.6. The van der Waals surface area contributed by atoms with Gasteiger partial charge in [-0.3, -0.25) is 24.0 Å². The summed E-state index contributed by atoms with van der Waals surface area (Å²) in [6.45, 7) is 16.1. The van der Waals surface area contributed by atoms with Crippen LogP contribution >= 0.6 is 0 Å². The van der Waals surface area contributed by atoms with E-state index >= 15 is 0 Å². The number of pyridine rings is 2. The van der Waals surface area contributed by atoms with Crippen LogP contribution in [0.25, 0.3) is 32.7 Å². The number of fused-ring (bicyclic) bond motifs is 5. The van der Waals surface area contributed by atoms with Crippen molar-refractivity contribution in [2.45, 2.75) is 96.7 Å². The zero-order chi connectivity index (χ0) is 72.1. The number of carbonyl (C=O) groups excluding carboxylic acids is 6. The Morgan fingerprint density at radius 3 is 1.74 bits per heavy atom. The number of nitrogens with zero attached hydrogens (tertiary/aromatic N) is 6. The van der Waals surface area contributed by atoms with E-state index in [0.717, 1.165) is 16.5 Å². The van der Waals surface area contributed by atoms with E-state index in [1.54, 1.807) is 81.9 Å². The summed E-state index contributed by atoms with van der Waals surface area (Å²) in [4.78, 5) is 102. The minimum absolute atomic E-state index is 0.0168. The number of cyclic esters (lactones) is 1. The molecule has 0 spiro atoms. The first-order valence-corrected chi connectivity index (χ1v) is 33.8.